The van der Waals surface area contributed by atoms with Gasteiger partial charge in [-0.3, -0.25) is 9.36 Å². The van der Waals surface area contributed by atoms with Crippen molar-refractivity contribution in [1.82, 2.24) is 24.5 Å². The molecule has 0 unspecified atom stereocenters. The first-order valence-corrected chi connectivity index (χ1v) is 11.6. The molecule has 3 N–H and O–H groups in total. The highest BCUT2D eigenvalue weighted by atomic mass is 19.1. The number of hydrogen-bond acceptors (Lipinski definition) is 7. The summed E-state index contributed by atoms with van der Waals surface area (Å²) in [5.41, 5.74) is 4.56. The molecule has 2 aromatic carbocycles. The Hall–Kier alpha value is -5.38. The normalized spacial score (nSPS) is 10.8. The number of aromatic nitrogens is 5. The predicted molar refractivity (Wildman–Crippen MR) is 136 cm³/mol. The molecule has 200 valence electrons. The molecule has 3 heterocycles. The summed E-state index contributed by atoms with van der Waals surface area (Å²) in [6, 6.07) is 6.50. The number of nitrogen functional groups attached to an aromatic ring is 1. The van der Waals surface area contributed by atoms with Crippen LogP contribution in [0.2, 0.25) is 0 Å². The van der Waals surface area contributed by atoms with E-state index in [1.54, 1.807) is 0 Å². The molecule has 0 amide bonds. The largest absolute Gasteiger partial charge is 0.382 e. The van der Waals surface area contributed by atoms with Crippen molar-refractivity contribution >= 4 is 22.5 Å². The van der Waals surface area contributed by atoms with Gasteiger partial charge < -0.3 is 11.1 Å². The van der Waals surface area contributed by atoms with Crippen molar-refractivity contribution in [3.63, 3.8) is 0 Å². The van der Waals surface area contributed by atoms with Crippen LogP contribution < -0.4 is 16.6 Å². The van der Waals surface area contributed by atoms with E-state index in [-0.39, 0.29) is 47.4 Å². The maximum Gasteiger partial charge on any atom is 0.269 e. The van der Waals surface area contributed by atoms with Crippen LogP contribution in [0, 0.1) is 40.9 Å². The number of rotatable bonds is 5. The molecule has 0 fully saturated rings. The van der Waals surface area contributed by atoms with E-state index in [4.69, 9.17) is 5.73 Å². The lowest BCUT2D eigenvalue weighted by molar-refractivity contribution is 0.580. The number of halogens is 5. The van der Waals surface area contributed by atoms with Gasteiger partial charge in [0.2, 0.25) is 0 Å². The Morgan fingerprint density at radius 2 is 1.62 bits per heavy atom. The van der Waals surface area contributed by atoms with Crippen LogP contribution in [0.1, 0.15) is 17.1 Å². The lowest BCUT2D eigenvalue weighted by Gasteiger charge is -2.15. The fourth-order valence-corrected chi connectivity index (χ4v) is 3.89. The molecule has 13 heteroatoms. The number of nitrogens with zero attached hydrogens (tertiary/aromatic N) is 5. The van der Waals surface area contributed by atoms with Gasteiger partial charge in [-0.25, -0.2) is 41.9 Å². The average Bonchev–Trinajstić information content (AvgIpc) is 2.90. The number of hydrogen-bond donors (Lipinski definition) is 2. The maximum absolute atomic E-state index is 14.5. The van der Waals surface area contributed by atoms with Crippen LogP contribution in [-0.2, 0) is 6.42 Å². The van der Waals surface area contributed by atoms with E-state index < -0.39 is 45.5 Å². The summed E-state index contributed by atoms with van der Waals surface area (Å²) in [5, 5.41) is 2.29. The van der Waals surface area contributed by atoms with Gasteiger partial charge in [-0.15, -0.1) is 0 Å². The third-order valence-electron chi connectivity index (χ3n) is 5.66. The van der Waals surface area contributed by atoms with E-state index in [1.165, 1.54) is 18.5 Å². The van der Waals surface area contributed by atoms with Gasteiger partial charge in [0.1, 0.15) is 75.0 Å². The number of fused-ring (bicyclic) bond motifs is 1. The minimum Gasteiger partial charge on any atom is -0.382 e. The van der Waals surface area contributed by atoms with Crippen LogP contribution in [-0.4, -0.2) is 31.0 Å². The zero-order chi connectivity index (χ0) is 28.4. The molecule has 0 saturated carbocycles. The number of pyridine rings is 1. The van der Waals surface area contributed by atoms with Gasteiger partial charge in [0.15, 0.2) is 0 Å². The third kappa shape index (κ3) is 5.28. The van der Waals surface area contributed by atoms with Crippen LogP contribution in [0.25, 0.3) is 16.6 Å². The Labute approximate surface area is 222 Å². The fourth-order valence-electron chi connectivity index (χ4n) is 3.89. The van der Waals surface area contributed by atoms with Crippen LogP contribution in [0.5, 0.6) is 0 Å². The van der Waals surface area contributed by atoms with E-state index in [2.05, 4.69) is 37.1 Å². The van der Waals surface area contributed by atoms with Crippen LogP contribution in [0.15, 0.2) is 59.8 Å². The van der Waals surface area contributed by atoms with Gasteiger partial charge in [0.05, 0.1) is 11.9 Å². The zero-order valence-electron chi connectivity index (χ0n) is 20.2. The lowest BCUT2D eigenvalue weighted by Crippen LogP contribution is -2.27. The Morgan fingerprint density at radius 1 is 0.875 bits per heavy atom. The highest BCUT2D eigenvalue weighted by molar-refractivity contribution is 5.79. The molecule has 0 bridgehead atoms. The predicted octanol–water partition coefficient (Wildman–Crippen LogP) is 3.90. The second-order valence-electron chi connectivity index (χ2n) is 8.32. The van der Waals surface area contributed by atoms with Crippen LogP contribution in [0.3, 0.4) is 0 Å². The van der Waals surface area contributed by atoms with Gasteiger partial charge in [-0.1, -0.05) is 5.92 Å². The molecule has 3 aromatic heterocycles. The molecule has 5 rings (SSSR count). The molecule has 0 aliphatic carbocycles. The minimum absolute atomic E-state index is 0.00733. The molecular weight excluding hydrogens is 533 g/mol. The lowest BCUT2D eigenvalue weighted by atomic mass is 10.2. The van der Waals surface area contributed by atoms with Gasteiger partial charge in [-0.2, -0.15) is 0 Å². The number of benzene rings is 2. The van der Waals surface area contributed by atoms with Crippen molar-refractivity contribution < 1.29 is 22.0 Å². The van der Waals surface area contributed by atoms with Gasteiger partial charge >= 0.3 is 0 Å². The first kappa shape index (κ1) is 26.2. The van der Waals surface area contributed by atoms with E-state index in [0.29, 0.717) is 6.07 Å². The van der Waals surface area contributed by atoms with Gasteiger partial charge in [0.25, 0.3) is 5.56 Å². The molecule has 0 saturated heterocycles. The summed E-state index contributed by atoms with van der Waals surface area (Å²) >= 11 is 0. The molecule has 40 heavy (non-hydrogen) atoms. The standard InChI is InChI=1S/C27H16F5N7O/c28-14-1-2-17(35-12-14)3-4-19-25(33)36-13-37-26(19)34-8-7-22-38-24-21(32)6-5-20(31)23(24)27(40)39(22)18-10-15(29)9-16(30)11-18/h1-2,5-6,9-13H,7-8H2,(H3,33,34,36,37). The first-order valence-electron chi connectivity index (χ1n) is 11.6. The Kier molecular flexibility index (Phi) is 7.07. The summed E-state index contributed by atoms with van der Waals surface area (Å²) in [6.07, 6.45) is 2.07. The van der Waals surface area contributed by atoms with Crippen molar-refractivity contribution in [1.29, 1.82) is 0 Å². The topological polar surface area (TPSA) is 112 Å². The monoisotopic (exact) mass is 549 g/mol. The number of anilines is 2. The van der Waals surface area contributed by atoms with Crippen molar-refractivity contribution in [3.8, 4) is 17.5 Å². The molecule has 0 spiro atoms. The maximum atomic E-state index is 14.5. The fraction of sp³-hybridized carbons (Fsp3) is 0.0741. The molecular formula is C27H16F5N7O. The zero-order valence-corrected chi connectivity index (χ0v) is 20.2. The van der Waals surface area contributed by atoms with Crippen molar-refractivity contribution in [2.45, 2.75) is 6.42 Å². The smallest absolute Gasteiger partial charge is 0.269 e. The van der Waals surface area contributed by atoms with Gasteiger partial charge in [0, 0.05) is 19.0 Å². The SMILES string of the molecule is Nc1ncnc(NCCc2nc3c(F)ccc(F)c3c(=O)n2-c2cc(F)cc(F)c2)c1C#Cc1ccc(F)cn1. The van der Waals surface area contributed by atoms with Crippen molar-refractivity contribution in [2.24, 2.45) is 0 Å². The average molecular weight is 549 g/mol. The van der Waals surface area contributed by atoms with E-state index in [9.17, 15) is 26.7 Å². The van der Waals surface area contributed by atoms with Crippen LogP contribution >= 0.6 is 0 Å². The van der Waals surface area contributed by atoms with Crippen molar-refractivity contribution in [2.75, 3.05) is 17.6 Å². The van der Waals surface area contributed by atoms with E-state index in [1.807, 2.05) is 0 Å². The van der Waals surface area contributed by atoms with Crippen LogP contribution in [0.4, 0.5) is 33.6 Å². The Bertz CT molecular complexity index is 1860. The second kappa shape index (κ2) is 10.8. The second-order valence-corrected chi connectivity index (χ2v) is 8.32. The molecule has 0 radical (unpaired) electrons. The molecule has 5 aromatic rings. The molecule has 0 aliphatic heterocycles. The first-order chi connectivity index (χ1) is 19.2. The summed E-state index contributed by atoms with van der Waals surface area (Å²) in [5.74, 6) is 1.10. The number of nitrogens with one attached hydrogen (secondary N) is 1. The van der Waals surface area contributed by atoms with E-state index in [0.717, 1.165) is 35.0 Å². The summed E-state index contributed by atoms with van der Waals surface area (Å²) in [4.78, 5) is 29.3. The summed E-state index contributed by atoms with van der Waals surface area (Å²) in [7, 11) is 0. The molecule has 8 nitrogen and oxygen atoms in total. The minimum atomic E-state index is -1.05. The third-order valence-corrected chi connectivity index (χ3v) is 5.66. The molecule has 0 atom stereocenters. The highest BCUT2D eigenvalue weighted by Gasteiger charge is 2.19. The molecule has 0 aliphatic rings. The summed E-state index contributed by atoms with van der Waals surface area (Å²) < 4.78 is 71.1. The van der Waals surface area contributed by atoms with Gasteiger partial charge in [-0.05, 0) is 42.3 Å². The summed E-state index contributed by atoms with van der Waals surface area (Å²) in [6.45, 7) is -0.00733. The Balaban J connectivity index is 1.52. The highest BCUT2D eigenvalue weighted by Crippen LogP contribution is 2.21. The number of nitrogens with two attached hydrogens (primary N) is 1. The Morgan fingerprint density at radius 3 is 2.35 bits per heavy atom. The van der Waals surface area contributed by atoms with E-state index >= 15 is 0 Å². The quantitative estimate of drug-likeness (QED) is 0.253. The van der Waals surface area contributed by atoms with Crippen molar-refractivity contribution in [3.05, 3.63) is 112 Å².